The van der Waals surface area contributed by atoms with Crippen LogP contribution in [0.1, 0.15) is 25.3 Å². The highest BCUT2D eigenvalue weighted by Gasteiger charge is 2.23. The van der Waals surface area contributed by atoms with Crippen molar-refractivity contribution in [1.82, 2.24) is 4.98 Å². The van der Waals surface area contributed by atoms with E-state index in [4.69, 9.17) is 4.74 Å². The molecule has 1 aromatic carbocycles. The van der Waals surface area contributed by atoms with Gasteiger partial charge in [0.05, 0.1) is 25.0 Å². The summed E-state index contributed by atoms with van der Waals surface area (Å²) in [6.45, 7) is 2.21. The molecule has 1 saturated carbocycles. The van der Waals surface area contributed by atoms with Crippen LogP contribution in [0, 0.1) is 23.5 Å². The molecule has 1 aromatic heterocycles. The molecule has 1 atom stereocenters. The Balaban J connectivity index is 1.75. The first-order valence-electron chi connectivity index (χ1n) is 8.12. The van der Waals surface area contributed by atoms with E-state index in [1.165, 1.54) is 43.4 Å². The monoisotopic (exact) mass is 367 g/mol. The van der Waals surface area contributed by atoms with Crippen LogP contribution in [0.3, 0.4) is 0 Å². The number of nitrogens with zero attached hydrogens (tertiary/aromatic N) is 1. The van der Waals surface area contributed by atoms with Crippen LogP contribution in [-0.4, -0.2) is 24.7 Å². The second-order valence-corrected chi connectivity index (χ2v) is 7.15. The minimum Gasteiger partial charge on any atom is -0.477 e. The maximum Gasteiger partial charge on any atom is 0.308 e. The fraction of sp³-hybridized carbons (Fsp3) is 0.444. The summed E-state index contributed by atoms with van der Waals surface area (Å²) in [5.74, 6) is -1.42. The highest BCUT2D eigenvalue weighted by atomic mass is 32.1. The van der Waals surface area contributed by atoms with E-state index in [0.29, 0.717) is 29.0 Å². The molecule has 1 fully saturated rings. The van der Waals surface area contributed by atoms with Gasteiger partial charge in [0.2, 0.25) is 5.88 Å². The average molecular weight is 367 g/mol. The molecular formula is C18H19F2NO3S. The maximum absolute atomic E-state index is 14.3. The van der Waals surface area contributed by atoms with Crippen LogP contribution in [0.4, 0.5) is 8.78 Å². The van der Waals surface area contributed by atoms with E-state index in [1.54, 1.807) is 12.3 Å². The Labute approximate surface area is 148 Å². The highest BCUT2D eigenvalue weighted by molar-refractivity contribution is 7.13. The van der Waals surface area contributed by atoms with E-state index in [1.807, 2.05) is 0 Å². The van der Waals surface area contributed by atoms with Gasteiger partial charge in [0.15, 0.2) is 0 Å². The summed E-state index contributed by atoms with van der Waals surface area (Å²) < 4.78 is 38.9. The molecule has 0 amide bonds. The molecule has 0 aliphatic heterocycles. The van der Waals surface area contributed by atoms with E-state index in [-0.39, 0.29) is 12.0 Å². The first-order valence-corrected chi connectivity index (χ1v) is 9.00. The summed E-state index contributed by atoms with van der Waals surface area (Å²) in [5, 5.41) is 2.23. The number of ether oxygens (including phenoxy) is 2. The summed E-state index contributed by atoms with van der Waals surface area (Å²) in [5.41, 5.74) is 0.235. The van der Waals surface area contributed by atoms with Gasteiger partial charge in [-0.15, -0.1) is 11.3 Å². The Morgan fingerprint density at radius 2 is 2.04 bits per heavy atom. The number of rotatable bonds is 7. The van der Waals surface area contributed by atoms with Crippen molar-refractivity contribution in [2.24, 2.45) is 11.8 Å². The minimum atomic E-state index is -0.693. The lowest BCUT2D eigenvalue weighted by molar-refractivity contribution is -0.144. The number of aromatic nitrogens is 1. The molecule has 3 rings (SSSR count). The second-order valence-electron chi connectivity index (χ2n) is 6.29. The van der Waals surface area contributed by atoms with E-state index in [2.05, 4.69) is 9.72 Å². The lowest BCUT2D eigenvalue weighted by Crippen LogP contribution is -2.16. The van der Waals surface area contributed by atoms with Crippen LogP contribution < -0.4 is 4.74 Å². The Morgan fingerprint density at radius 3 is 2.64 bits per heavy atom. The van der Waals surface area contributed by atoms with Gasteiger partial charge in [0.1, 0.15) is 16.6 Å². The number of hydrogen-bond acceptors (Lipinski definition) is 5. The number of halogens is 2. The highest BCUT2D eigenvalue weighted by Crippen LogP contribution is 2.33. The first kappa shape index (κ1) is 17.8. The van der Waals surface area contributed by atoms with Gasteiger partial charge in [-0.1, -0.05) is 6.92 Å². The van der Waals surface area contributed by atoms with Crippen molar-refractivity contribution < 1.29 is 23.0 Å². The molecule has 25 heavy (non-hydrogen) atoms. The van der Waals surface area contributed by atoms with Crippen LogP contribution in [0.5, 0.6) is 5.88 Å². The molecule has 1 aliphatic carbocycles. The van der Waals surface area contributed by atoms with E-state index in [0.717, 1.165) is 0 Å². The van der Waals surface area contributed by atoms with Gasteiger partial charge in [0.25, 0.3) is 0 Å². The fourth-order valence-electron chi connectivity index (χ4n) is 2.46. The average Bonchev–Trinajstić information content (AvgIpc) is 3.31. The van der Waals surface area contributed by atoms with Crippen molar-refractivity contribution in [3.8, 4) is 16.5 Å². The maximum atomic E-state index is 14.3. The quantitative estimate of drug-likeness (QED) is 0.687. The second kappa shape index (κ2) is 7.47. The topological polar surface area (TPSA) is 48.4 Å². The third-order valence-electron chi connectivity index (χ3n) is 4.15. The largest absolute Gasteiger partial charge is 0.477 e. The Bertz CT molecular complexity index is 750. The fourth-order valence-corrected chi connectivity index (χ4v) is 3.19. The van der Waals surface area contributed by atoms with Gasteiger partial charge in [-0.3, -0.25) is 4.79 Å². The number of benzene rings is 1. The molecule has 4 nitrogen and oxygen atoms in total. The Morgan fingerprint density at radius 1 is 1.36 bits per heavy atom. The van der Waals surface area contributed by atoms with E-state index < -0.39 is 23.5 Å². The van der Waals surface area contributed by atoms with Crippen LogP contribution in [-0.2, 0) is 16.0 Å². The van der Waals surface area contributed by atoms with Gasteiger partial charge >= 0.3 is 5.97 Å². The standard InChI is InChI=1S/C18H19F2NO3S/c1-10(18(22)23-2)5-13-14(19)6-12(7-15(13)20)17-21-16(9-25-17)24-8-11-3-4-11/h6-7,9-11H,3-5,8H2,1-2H3. The molecular weight excluding hydrogens is 348 g/mol. The Kier molecular flexibility index (Phi) is 5.32. The predicted molar refractivity (Wildman–Crippen MR) is 90.6 cm³/mol. The number of carbonyl (C=O) groups is 1. The third kappa shape index (κ3) is 4.34. The van der Waals surface area contributed by atoms with Crippen LogP contribution in [0.15, 0.2) is 17.5 Å². The SMILES string of the molecule is COC(=O)C(C)Cc1c(F)cc(-c2nc(OCC3CC3)cs2)cc1F. The summed E-state index contributed by atoms with van der Waals surface area (Å²) in [6, 6.07) is 2.48. The zero-order valence-electron chi connectivity index (χ0n) is 14.1. The van der Waals surface area contributed by atoms with E-state index in [9.17, 15) is 13.6 Å². The minimum absolute atomic E-state index is 0.0573. The summed E-state index contributed by atoms with van der Waals surface area (Å²) in [7, 11) is 1.25. The third-order valence-corrected chi connectivity index (χ3v) is 5.02. The van der Waals surface area contributed by atoms with Crippen molar-refractivity contribution in [3.63, 3.8) is 0 Å². The molecule has 0 saturated heterocycles. The normalized spacial score (nSPS) is 15.0. The van der Waals surface area contributed by atoms with Crippen molar-refractivity contribution in [2.75, 3.05) is 13.7 Å². The molecule has 0 radical (unpaired) electrons. The van der Waals surface area contributed by atoms with Crippen molar-refractivity contribution in [3.05, 3.63) is 34.7 Å². The molecule has 2 aromatic rings. The predicted octanol–water partition coefficient (Wildman–Crippen LogP) is 4.23. The molecule has 0 bridgehead atoms. The first-order chi connectivity index (χ1) is 12.0. The summed E-state index contributed by atoms with van der Waals surface area (Å²) in [6.07, 6.45) is 2.30. The van der Waals surface area contributed by atoms with Crippen molar-refractivity contribution >= 4 is 17.3 Å². The van der Waals surface area contributed by atoms with Gasteiger partial charge in [-0.25, -0.2) is 13.8 Å². The molecule has 134 valence electrons. The number of thiazole rings is 1. The molecule has 0 spiro atoms. The summed E-state index contributed by atoms with van der Waals surface area (Å²) in [4.78, 5) is 15.7. The van der Waals surface area contributed by atoms with Crippen molar-refractivity contribution in [2.45, 2.75) is 26.2 Å². The Hall–Kier alpha value is -2.02. The van der Waals surface area contributed by atoms with Gasteiger partial charge in [-0.05, 0) is 37.3 Å². The van der Waals surface area contributed by atoms with Gasteiger partial charge < -0.3 is 9.47 Å². The number of hydrogen-bond donors (Lipinski definition) is 0. The van der Waals surface area contributed by atoms with Crippen LogP contribution in [0.2, 0.25) is 0 Å². The van der Waals surface area contributed by atoms with Crippen LogP contribution in [0.25, 0.3) is 10.6 Å². The van der Waals surface area contributed by atoms with Gasteiger partial charge in [0, 0.05) is 11.1 Å². The van der Waals surface area contributed by atoms with Crippen LogP contribution >= 0.6 is 11.3 Å². The lowest BCUT2D eigenvalue weighted by atomic mass is 9.99. The number of esters is 1. The molecule has 1 heterocycles. The van der Waals surface area contributed by atoms with Gasteiger partial charge in [-0.2, -0.15) is 0 Å². The molecule has 1 aliphatic rings. The van der Waals surface area contributed by atoms with Crippen molar-refractivity contribution in [1.29, 1.82) is 0 Å². The lowest BCUT2D eigenvalue weighted by Gasteiger charge is -2.11. The zero-order valence-corrected chi connectivity index (χ0v) is 14.9. The molecule has 1 unspecified atom stereocenters. The molecule has 7 heteroatoms. The number of carbonyl (C=O) groups excluding carboxylic acids is 1. The summed E-state index contributed by atoms with van der Waals surface area (Å²) >= 11 is 1.28. The number of methoxy groups -OCH3 is 1. The smallest absolute Gasteiger partial charge is 0.308 e. The molecule has 0 N–H and O–H groups in total. The van der Waals surface area contributed by atoms with E-state index >= 15 is 0 Å². The zero-order chi connectivity index (χ0) is 18.0.